The number of nitrogens with zero attached hydrogens (tertiary/aromatic N) is 1. The van der Waals surface area contributed by atoms with Crippen molar-refractivity contribution in [3.05, 3.63) is 23.8 Å². The third-order valence-electron chi connectivity index (χ3n) is 4.47. The zero-order valence-electron chi connectivity index (χ0n) is 13.4. The monoisotopic (exact) mass is 315 g/mol. The average Bonchev–Trinajstić information content (AvgIpc) is 3.11. The van der Waals surface area contributed by atoms with Crippen molar-refractivity contribution in [3.63, 3.8) is 0 Å². The molecule has 0 saturated carbocycles. The number of fused-ring (bicyclic) bond motifs is 1. The lowest BCUT2D eigenvalue weighted by molar-refractivity contribution is -0.142. The fourth-order valence-corrected chi connectivity index (χ4v) is 3.30. The topological polar surface area (TPSA) is 59.0 Å². The van der Waals surface area contributed by atoms with E-state index in [0.717, 1.165) is 18.4 Å². The van der Waals surface area contributed by atoms with Gasteiger partial charge in [-0.15, -0.1) is 5.92 Å². The number of aliphatic carboxylic acids is 1. The highest BCUT2D eigenvalue weighted by Gasteiger charge is 2.44. The van der Waals surface area contributed by atoms with E-state index in [2.05, 4.69) is 18.8 Å². The number of ether oxygens (including phenoxy) is 2. The van der Waals surface area contributed by atoms with E-state index < -0.39 is 11.9 Å². The van der Waals surface area contributed by atoms with E-state index >= 15 is 0 Å². The number of likely N-dealkylation sites (tertiary alicyclic amines) is 1. The number of likely N-dealkylation sites (N-methyl/N-ethyl adjacent to an activating group) is 1. The molecule has 0 spiro atoms. The molecule has 3 rings (SSSR count). The number of hydrogen-bond donors (Lipinski definition) is 1. The van der Waals surface area contributed by atoms with E-state index in [-0.39, 0.29) is 18.8 Å². The number of hydrogen-bond acceptors (Lipinski definition) is 4. The molecule has 5 nitrogen and oxygen atoms in total. The van der Waals surface area contributed by atoms with Gasteiger partial charge in [-0.05, 0) is 31.2 Å². The van der Waals surface area contributed by atoms with Gasteiger partial charge < -0.3 is 14.6 Å². The van der Waals surface area contributed by atoms with Crippen LogP contribution in [0, 0.1) is 17.8 Å². The third-order valence-corrected chi connectivity index (χ3v) is 4.47. The summed E-state index contributed by atoms with van der Waals surface area (Å²) in [6.07, 6.45) is 1.78. The van der Waals surface area contributed by atoms with Crippen LogP contribution in [0.1, 0.15) is 31.2 Å². The molecule has 2 heterocycles. The van der Waals surface area contributed by atoms with Gasteiger partial charge in [0.25, 0.3) is 0 Å². The van der Waals surface area contributed by atoms with E-state index in [9.17, 15) is 9.90 Å². The van der Waals surface area contributed by atoms with Crippen molar-refractivity contribution in [1.82, 2.24) is 4.90 Å². The number of unbranched alkanes of at least 4 members (excludes halogenated alkanes) is 1. The van der Waals surface area contributed by atoms with Gasteiger partial charge in [0.05, 0.1) is 12.0 Å². The normalized spacial score (nSPS) is 25.9. The molecule has 23 heavy (non-hydrogen) atoms. The van der Waals surface area contributed by atoms with Crippen molar-refractivity contribution < 1.29 is 19.4 Å². The maximum atomic E-state index is 11.9. The molecule has 0 aromatic heterocycles. The number of carboxylic acid groups (broad SMARTS) is 1. The van der Waals surface area contributed by atoms with Gasteiger partial charge in [0.15, 0.2) is 11.5 Å². The first-order valence-electron chi connectivity index (χ1n) is 7.92. The van der Waals surface area contributed by atoms with Crippen molar-refractivity contribution >= 4 is 5.97 Å². The second-order valence-electron chi connectivity index (χ2n) is 6.04. The molecule has 122 valence electrons. The Labute approximate surface area is 136 Å². The third kappa shape index (κ3) is 2.99. The van der Waals surface area contributed by atoms with Crippen LogP contribution in [-0.2, 0) is 4.79 Å². The predicted octanol–water partition coefficient (Wildman–Crippen LogP) is 2.32. The highest BCUT2D eigenvalue weighted by molar-refractivity contribution is 5.74. The second kappa shape index (κ2) is 6.51. The van der Waals surface area contributed by atoms with Crippen molar-refractivity contribution in [2.75, 3.05) is 20.4 Å². The van der Waals surface area contributed by atoms with Gasteiger partial charge in [0.1, 0.15) is 0 Å². The van der Waals surface area contributed by atoms with Crippen molar-refractivity contribution in [1.29, 1.82) is 0 Å². The maximum Gasteiger partial charge on any atom is 0.309 e. The quantitative estimate of drug-likeness (QED) is 0.868. The molecule has 5 heteroatoms. The Morgan fingerprint density at radius 2 is 2.17 bits per heavy atom. The summed E-state index contributed by atoms with van der Waals surface area (Å²) in [6, 6.07) is 5.43. The van der Waals surface area contributed by atoms with Gasteiger partial charge in [0, 0.05) is 18.9 Å². The number of benzene rings is 1. The average molecular weight is 315 g/mol. The fourth-order valence-electron chi connectivity index (χ4n) is 3.30. The van der Waals surface area contributed by atoms with Crippen LogP contribution >= 0.6 is 0 Å². The van der Waals surface area contributed by atoms with E-state index in [4.69, 9.17) is 9.47 Å². The van der Waals surface area contributed by atoms with E-state index in [1.165, 1.54) is 0 Å². The Morgan fingerprint density at radius 1 is 1.39 bits per heavy atom. The highest BCUT2D eigenvalue weighted by Crippen LogP contribution is 2.41. The maximum absolute atomic E-state index is 11.9. The molecule has 0 bridgehead atoms. The summed E-state index contributed by atoms with van der Waals surface area (Å²) in [6.45, 7) is 2.95. The van der Waals surface area contributed by atoms with Gasteiger partial charge in [-0.25, -0.2) is 0 Å². The molecule has 0 radical (unpaired) electrons. The van der Waals surface area contributed by atoms with Crippen molar-refractivity contribution in [2.24, 2.45) is 5.92 Å². The van der Waals surface area contributed by atoms with Crippen LogP contribution in [0.3, 0.4) is 0 Å². The van der Waals surface area contributed by atoms with Crippen LogP contribution in [0.15, 0.2) is 18.2 Å². The second-order valence-corrected chi connectivity index (χ2v) is 6.04. The lowest BCUT2D eigenvalue weighted by Crippen LogP contribution is -2.32. The number of carboxylic acids is 1. The fraction of sp³-hybridized carbons (Fsp3) is 0.500. The van der Waals surface area contributed by atoms with Crippen molar-refractivity contribution in [3.8, 4) is 23.3 Å². The molecule has 2 aliphatic heterocycles. The van der Waals surface area contributed by atoms with E-state index in [1.54, 1.807) is 0 Å². The summed E-state index contributed by atoms with van der Waals surface area (Å²) in [5, 5.41) is 9.73. The van der Waals surface area contributed by atoms with Gasteiger partial charge in [0.2, 0.25) is 6.79 Å². The Kier molecular flexibility index (Phi) is 4.44. The molecule has 1 aromatic rings. The highest BCUT2D eigenvalue weighted by atomic mass is 16.7. The summed E-state index contributed by atoms with van der Waals surface area (Å²) < 4.78 is 10.7. The minimum atomic E-state index is -0.798. The van der Waals surface area contributed by atoms with Crippen molar-refractivity contribution in [2.45, 2.75) is 31.7 Å². The number of carbonyl (C=O) groups is 1. The molecular weight excluding hydrogens is 294 g/mol. The van der Waals surface area contributed by atoms with Crippen LogP contribution < -0.4 is 9.47 Å². The molecule has 2 aliphatic rings. The first-order valence-corrected chi connectivity index (χ1v) is 7.92. The minimum absolute atomic E-state index is 0.104. The zero-order chi connectivity index (χ0) is 16.4. The van der Waals surface area contributed by atoms with Gasteiger partial charge in [-0.3, -0.25) is 9.69 Å². The molecule has 1 saturated heterocycles. The Bertz CT molecular complexity index is 661. The molecule has 1 N–H and O–H groups in total. The van der Waals surface area contributed by atoms with E-state index in [0.29, 0.717) is 18.0 Å². The van der Waals surface area contributed by atoms with Crippen LogP contribution in [0.2, 0.25) is 0 Å². The van der Waals surface area contributed by atoms with Crippen LogP contribution in [0.4, 0.5) is 0 Å². The largest absolute Gasteiger partial charge is 0.481 e. The van der Waals surface area contributed by atoms with Gasteiger partial charge >= 0.3 is 5.97 Å². The molecule has 0 amide bonds. The van der Waals surface area contributed by atoms with Gasteiger partial charge in [-0.2, -0.15) is 0 Å². The summed E-state index contributed by atoms with van der Waals surface area (Å²) in [5.41, 5.74) is 0.966. The minimum Gasteiger partial charge on any atom is -0.481 e. The first-order chi connectivity index (χ1) is 11.1. The summed E-state index contributed by atoms with van der Waals surface area (Å²) in [7, 11) is 1.94. The molecule has 0 aliphatic carbocycles. The predicted molar refractivity (Wildman–Crippen MR) is 85.5 cm³/mol. The Hall–Kier alpha value is -2.19. The van der Waals surface area contributed by atoms with Crippen LogP contribution in [0.5, 0.6) is 11.5 Å². The Balaban J connectivity index is 1.90. The Morgan fingerprint density at radius 3 is 2.91 bits per heavy atom. The molecule has 3 unspecified atom stereocenters. The lowest BCUT2D eigenvalue weighted by Gasteiger charge is -2.18. The SMILES string of the molecule is CCCC#CC1C(C(=O)O)C(c2ccc3c(c2)OCO3)CN1C. The molecular formula is C18H21NO4. The molecule has 1 fully saturated rings. The van der Waals surface area contributed by atoms with Crippen LogP contribution in [0.25, 0.3) is 0 Å². The standard InChI is InChI=1S/C18H21NO4/c1-3-4-5-6-14-17(18(20)21)13(10-19(14)2)12-7-8-15-16(9-12)23-11-22-15/h7-9,13-14,17H,3-4,10-11H2,1-2H3,(H,20,21). The lowest BCUT2D eigenvalue weighted by atomic mass is 9.85. The molecule has 1 aromatic carbocycles. The van der Waals surface area contributed by atoms with E-state index in [1.807, 2.05) is 30.1 Å². The molecule has 3 atom stereocenters. The summed E-state index contributed by atoms with van der Waals surface area (Å²) in [4.78, 5) is 13.9. The zero-order valence-corrected chi connectivity index (χ0v) is 13.4. The summed E-state index contributed by atoms with van der Waals surface area (Å²) >= 11 is 0. The number of rotatable bonds is 3. The summed E-state index contributed by atoms with van der Waals surface area (Å²) in [5.74, 6) is 6.23. The van der Waals surface area contributed by atoms with Crippen LogP contribution in [-0.4, -0.2) is 42.4 Å². The smallest absolute Gasteiger partial charge is 0.309 e. The first kappa shape index (κ1) is 15.7. The van der Waals surface area contributed by atoms with Gasteiger partial charge in [-0.1, -0.05) is 18.9 Å².